The van der Waals surface area contributed by atoms with Crippen LogP contribution >= 0.6 is 23.3 Å². The molecule has 24 heavy (non-hydrogen) atoms. The molecule has 0 unspecified atom stereocenters. The van der Waals surface area contributed by atoms with Crippen molar-refractivity contribution in [3.8, 4) is 5.75 Å². The Bertz CT molecular complexity index is 829. The summed E-state index contributed by atoms with van der Waals surface area (Å²) >= 11 is 2.66. The molecule has 0 aliphatic heterocycles. The second-order valence-electron chi connectivity index (χ2n) is 5.69. The van der Waals surface area contributed by atoms with Crippen molar-refractivity contribution >= 4 is 23.3 Å². The lowest BCUT2D eigenvalue weighted by Crippen LogP contribution is -1.97. The van der Waals surface area contributed by atoms with Crippen LogP contribution in [-0.4, -0.2) is 19.6 Å². The molecule has 0 bridgehead atoms. The van der Waals surface area contributed by atoms with Gasteiger partial charge in [-0.1, -0.05) is 26.0 Å². The fourth-order valence-electron chi connectivity index (χ4n) is 1.91. The zero-order chi connectivity index (χ0) is 17.1. The van der Waals surface area contributed by atoms with Gasteiger partial charge in [0.15, 0.2) is 10.9 Å². The fourth-order valence-corrected chi connectivity index (χ4v) is 3.45. The third-order valence-electron chi connectivity index (χ3n) is 3.26. The summed E-state index contributed by atoms with van der Waals surface area (Å²) in [6, 6.07) is 6.08. The van der Waals surface area contributed by atoms with Crippen molar-refractivity contribution in [2.45, 2.75) is 49.8 Å². The van der Waals surface area contributed by atoms with E-state index < -0.39 is 0 Å². The molecule has 0 saturated carbocycles. The second kappa shape index (κ2) is 7.31. The second-order valence-corrected chi connectivity index (χ2v) is 7.64. The van der Waals surface area contributed by atoms with Crippen LogP contribution in [0.2, 0.25) is 0 Å². The molecule has 0 N–H and O–H groups in total. The average molecular weight is 362 g/mol. The van der Waals surface area contributed by atoms with Gasteiger partial charge in [0.25, 0.3) is 11.1 Å². The fraction of sp³-hybridized carbons (Fsp3) is 0.375. The van der Waals surface area contributed by atoms with E-state index in [1.54, 1.807) is 0 Å². The Morgan fingerprint density at radius 1 is 1.25 bits per heavy atom. The Hall–Kier alpha value is -1.93. The normalized spacial score (nSPS) is 11.2. The van der Waals surface area contributed by atoms with Gasteiger partial charge in [0.1, 0.15) is 11.6 Å². The van der Waals surface area contributed by atoms with E-state index >= 15 is 0 Å². The Morgan fingerprint density at radius 2 is 2.08 bits per heavy atom. The van der Waals surface area contributed by atoms with Gasteiger partial charge in [-0.2, -0.15) is 4.37 Å². The summed E-state index contributed by atoms with van der Waals surface area (Å²) in [5, 5.41) is 8.48. The van der Waals surface area contributed by atoms with Gasteiger partial charge >= 0.3 is 0 Å². The van der Waals surface area contributed by atoms with Crippen LogP contribution < -0.4 is 4.74 Å². The molecule has 1 aromatic carbocycles. The van der Waals surface area contributed by atoms with Gasteiger partial charge in [0, 0.05) is 17.7 Å². The molecule has 2 heterocycles. The number of aromatic nitrogens is 4. The first-order valence-electron chi connectivity index (χ1n) is 7.55. The average Bonchev–Trinajstić information content (AvgIpc) is 3.18. The van der Waals surface area contributed by atoms with Gasteiger partial charge in [0.2, 0.25) is 0 Å². The third-order valence-corrected chi connectivity index (χ3v) is 4.86. The largest absolute Gasteiger partial charge is 0.484 e. The van der Waals surface area contributed by atoms with Crippen molar-refractivity contribution in [1.82, 2.24) is 19.6 Å². The predicted molar refractivity (Wildman–Crippen MR) is 92.7 cm³/mol. The topological polar surface area (TPSA) is 73.9 Å². The van der Waals surface area contributed by atoms with Gasteiger partial charge in [0.05, 0.1) is 0 Å². The first-order chi connectivity index (χ1) is 11.5. The Morgan fingerprint density at radius 3 is 2.83 bits per heavy atom. The molecule has 0 radical (unpaired) electrons. The van der Waals surface area contributed by atoms with Crippen LogP contribution in [-0.2, 0) is 6.61 Å². The SMILES string of the molecule is Cc1ccc(C)c(OCc2nnc(Sc3nc(C(C)C)ns3)o2)c1. The van der Waals surface area contributed by atoms with E-state index in [9.17, 15) is 0 Å². The van der Waals surface area contributed by atoms with Gasteiger partial charge in [-0.05, 0) is 42.6 Å². The van der Waals surface area contributed by atoms with E-state index in [1.165, 1.54) is 23.3 Å². The van der Waals surface area contributed by atoms with E-state index in [1.807, 2.05) is 26.0 Å². The summed E-state index contributed by atoms with van der Waals surface area (Å²) in [5.41, 5.74) is 2.22. The molecule has 8 heteroatoms. The minimum Gasteiger partial charge on any atom is -0.484 e. The zero-order valence-corrected chi connectivity index (χ0v) is 15.6. The lowest BCUT2D eigenvalue weighted by molar-refractivity contribution is 0.250. The molecule has 0 aliphatic rings. The van der Waals surface area contributed by atoms with E-state index in [-0.39, 0.29) is 6.61 Å². The Labute approximate surface area is 148 Å². The lowest BCUT2D eigenvalue weighted by Gasteiger charge is -2.07. The van der Waals surface area contributed by atoms with Crippen molar-refractivity contribution in [2.75, 3.05) is 0 Å². The van der Waals surface area contributed by atoms with Gasteiger partial charge < -0.3 is 9.15 Å². The zero-order valence-electron chi connectivity index (χ0n) is 13.9. The maximum atomic E-state index is 5.77. The highest BCUT2D eigenvalue weighted by Crippen LogP contribution is 2.29. The van der Waals surface area contributed by atoms with Crippen molar-refractivity contribution in [1.29, 1.82) is 0 Å². The van der Waals surface area contributed by atoms with Crippen molar-refractivity contribution in [3.63, 3.8) is 0 Å². The molecule has 3 rings (SSSR count). The predicted octanol–water partition coefficient (Wildman–Crippen LogP) is 4.39. The summed E-state index contributed by atoms with van der Waals surface area (Å²) in [6.07, 6.45) is 0. The summed E-state index contributed by atoms with van der Waals surface area (Å²) in [4.78, 5) is 4.44. The van der Waals surface area contributed by atoms with E-state index in [0.717, 1.165) is 27.0 Å². The number of rotatable bonds is 6. The monoisotopic (exact) mass is 362 g/mol. The number of aryl methyl sites for hydroxylation is 2. The maximum Gasteiger partial charge on any atom is 0.283 e. The number of hydrogen-bond donors (Lipinski definition) is 0. The highest BCUT2D eigenvalue weighted by atomic mass is 32.2. The van der Waals surface area contributed by atoms with E-state index in [4.69, 9.17) is 9.15 Å². The highest BCUT2D eigenvalue weighted by Gasteiger charge is 2.14. The smallest absolute Gasteiger partial charge is 0.283 e. The first-order valence-corrected chi connectivity index (χ1v) is 9.14. The van der Waals surface area contributed by atoms with Crippen molar-refractivity contribution in [2.24, 2.45) is 0 Å². The minimum atomic E-state index is 0.241. The number of nitrogens with zero attached hydrogens (tertiary/aromatic N) is 4. The Balaban J connectivity index is 1.61. The van der Waals surface area contributed by atoms with Crippen LogP contribution in [0.25, 0.3) is 0 Å². The first kappa shape index (κ1) is 16.9. The summed E-state index contributed by atoms with van der Waals surface area (Å²) < 4.78 is 16.5. The number of benzene rings is 1. The van der Waals surface area contributed by atoms with Crippen molar-refractivity contribution < 1.29 is 9.15 Å². The third kappa shape index (κ3) is 4.12. The molecule has 0 amide bonds. The molecular formula is C16H18N4O2S2. The van der Waals surface area contributed by atoms with Gasteiger partial charge in [-0.15, -0.1) is 10.2 Å². The van der Waals surface area contributed by atoms with Crippen LogP contribution in [0, 0.1) is 13.8 Å². The summed E-state index contributed by atoms with van der Waals surface area (Å²) in [6.45, 7) is 8.40. The molecule has 0 aliphatic carbocycles. The number of hydrogen-bond acceptors (Lipinski definition) is 8. The molecule has 0 fully saturated rings. The van der Waals surface area contributed by atoms with Crippen LogP contribution in [0.1, 0.15) is 42.6 Å². The molecule has 0 atom stereocenters. The molecule has 0 spiro atoms. The van der Waals surface area contributed by atoms with Crippen LogP contribution in [0.4, 0.5) is 0 Å². The quantitative estimate of drug-likeness (QED) is 0.643. The lowest BCUT2D eigenvalue weighted by atomic mass is 10.1. The Kier molecular flexibility index (Phi) is 5.15. The highest BCUT2D eigenvalue weighted by molar-refractivity contribution is 8.00. The van der Waals surface area contributed by atoms with Crippen LogP contribution in [0.3, 0.4) is 0 Å². The van der Waals surface area contributed by atoms with E-state index in [0.29, 0.717) is 17.0 Å². The maximum absolute atomic E-state index is 5.77. The summed E-state index contributed by atoms with van der Waals surface area (Å²) in [5.74, 6) is 2.40. The van der Waals surface area contributed by atoms with Gasteiger partial charge in [-0.25, -0.2) is 4.98 Å². The standard InChI is InChI=1S/C16H18N4O2S2/c1-9(2)14-17-16(24-20-14)23-15-19-18-13(22-15)8-21-12-7-10(3)5-6-11(12)4/h5-7,9H,8H2,1-4H3. The molecule has 0 saturated heterocycles. The molecule has 6 nitrogen and oxygen atoms in total. The van der Waals surface area contributed by atoms with Gasteiger partial charge in [-0.3, -0.25) is 0 Å². The van der Waals surface area contributed by atoms with Crippen molar-refractivity contribution in [3.05, 3.63) is 41.0 Å². The summed E-state index contributed by atoms with van der Waals surface area (Å²) in [7, 11) is 0. The number of ether oxygens (including phenoxy) is 1. The van der Waals surface area contributed by atoms with Crippen LogP contribution in [0.5, 0.6) is 5.75 Å². The molecule has 2 aromatic heterocycles. The molecular weight excluding hydrogens is 344 g/mol. The molecule has 126 valence electrons. The van der Waals surface area contributed by atoms with E-state index in [2.05, 4.69) is 39.5 Å². The molecule has 3 aromatic rings. The minimum absolute atomic E-state index is 0.241. The van der Waals surface area contributed by atoms with Crippen LogP contribution in [0.15, 0.2) is 32.2 Å².